The zero-order valence-electron chi connectivity index (χ0n) is 11.5. The molecule has 0 aliphatic carbocycles. The third-order valence-corrected chi connectivity index (χ3v) is 3.43. The Bertz CT molecular complexity index is 571. The van der Waals surface area contributed by atoms with Crippen molar-refractivity contribution in [2.24, 2.45) is 0 Å². The average molecular weight is 342 g/mol. The van der Waals surface area contributed by atoms with Crippen LogP contribution in [0.4, 0.5) is 4.39 Å². The van der Waals surface area contributed by atoms with Crippen molar-refractivity contribution >= 4 is 15.9 Å². The van der Waals surface area contributed by atoms with Crippen molar-refractivity contribution in [1.82, 2.24) is 5.32 Å². The Kier molecular flexibility index (Phi) is 5.20. The van der Waals surface area contributed by atoms with E-state index in [0.717, 1.165) is 13.0 Å². The quantitative estimate of drug-likeness (QED) is 0.851. The van der Waals surface area contributed by atoms with Gasteiger partial charge in [-0.1, -0.05) is 19.1 Å². The number of furan rings is 1. The van der Waals surface area contributed by atoms with Gasteiger partial charge in [-0.2, -0.15) is 0 Å². The Morgan fingerprint density at radius 2 is 2.15 bits per heavy atom. The van der Waals surface area contributed by atoms with Crippen molar-refractivity contribution in [3.63, 3.8) is 0 Å². The molecule has 1 unspecified atom stereocenters. The zero-order chi connectivity index (χ0) is 14.5. The van der Waals surface area contributed by atoms with E-state index in [1.165, 1.54) is 7.11 Å². The first kappa shape index (κ1) is 15.1. The van der Waals surface area contributed by atoms with E-state index in [-0.39, 0.29) is 17.6 Å². The standard InChI is InChI=1S/C15H17BrFNO2/c1-3-9-18-15(12-7-8-13(16)20-12)10-5-4-6-11(19-2)14(10)17/h4-8,15,18H,3,9H2,1-2H3. The third kappa shape index (κ3) is 3.22. The molecule has 1 aromatic carbocycles. The highest BCUT2D eigenvalue weighted by Crippen LogP contribution is 2.31. The summed E-state index contributed by atoms with van der Waals surface area (Å²) < 4.78 is 25.7. The molecule has 0 amide bonds. The van der Waals surface area contributed by atoms with Crippen molar-refractivity contribution in [3.8, 4) is 5.75 Å². The van der Waals surface area contributed by atoms with Crippen LogP contribution < -0.4 is 10.1 Å². The molecule has 0 fully saturated rings. The number of ether oxygens (including phenoxy) is 1. The van der Waals surface area contributed by atoms with Gasteiger partial charge in [0.1, 0.15) is 5.76 Å². The summed E-state index contributed by atoms with van der Waals surface area (Å²) in [5, 5.41) is 3.30. The fourth-order valence-corrected chi connectivity index (χ4v) is 2.36. The molecule has 108 valence electrons. The van der Waals surface area contributed by atoms with Crippen LogP contribution in [0.3, 0.4) is 0 Å². The normalized spacial score (nSPS) is 12.4. The van der Waals surface area contributed by atoms with Gasteiger partial charge in [-0.15, -0.1) is 0 Å². The number of hydrogen-bond donors (Lipinski definition) is 1. The number of hydrogen-bond acceptors (Lipinski definition) is 3. The molecule has 0 saturated heterocycles. The summed E-state index contributed by atoms with van der Waals surface area (Å²) in [5.74, 6) is 0.532. The summed E-state index contributed by atoms with van der Waals surface area (Å²) in [6.07, 6.45) is 0.948. The van der Waals surface area contributed by atoms with Crippen LogP contribution >= 0.6 is 15.9 Å². The van der Waals surface area contributed by atoms with Gasteiger partial charge in [0.2, 0.25) is 0 Å². The first-order chi connectivity index (χ1) is 9.67. The Morgan fingerprint density at radius 3 is 2.75 bits per heavy atom. The van der Waals surface area contributed by atoms with Gasteiger partial charge in [0.05, 0.1) is 13.2 Å². The second kappa shape index (κ2) is 6.90. The van der Waals surface area contributed by atoms with Gasteiger partial charge in [0.25, 0.3) is 0 Å². The first-order valence-corrected chi connectivity index (χ1v) is 7.27. The molecule has 0 aliphatic heterocycles. The Morgan fingerprint density at radius 1 is 1.35 bits per heavy atom. The number of benzene rings is 1. The molecular formula is C15H17BrFNO2. The minimum absolute atomic E-state index is 0.233. The van der Waals surface area contributed by atoms with Crippen molar-refractivity contribution in [2.45, 2.75) is 19.4 Å². The monoisotopic (exact) mass is 341 g/mol. The molecule has 2 rings (SSSR count). The van der Waals surface area contributed by atoms with E-state index >= 15 is 0 Å². The largest absolute Gasteiger partial charge is 0.494 e. The maximum atomic E-state index is 14.4. The maximum absolute atomic E-state index is 14.4. The van der Waals surface area contributed by atoms with Crippen LogP contribution in [0.1, 0.15) is 30.7 Å². The molecule has 1 atom stereocenters. The minimum atomic E-state index is -0.365. The fraction of sp³-hybridized carbons (Fsp3) is 0.333. The molecular weight excluding hydrogens is 325 g/mol. The van der Waals surface area contributed by atoms with Gasteiger partial charge < -0.3 is 14.5 Å². The smallest absolute Gasteiger partial charge is 0.170 e. The second-order valence-electron chi connectivity index (χ2n) is 4.39. The van der Waals surface area contributed by atoms with Crippen molar-refractivity contribution < 1.29 is 13.5 Å². The summed E-state index contributed by atoms with van der Waals surface area (Å²) in [7, 11) is 1.46. The van der Waals surface area contributed by atoms with Gasteiger partial charge in [-0.25, -0.2) is 4.39 Å². The van der Waals surface area contributed by atoms with Gasteiger partial charge in [-0.05, 0) is 47.1 Å². The molecule has 20 heavy (non-hydrogen) atoms. The summed E-state index contributed by atoms with van der Waals surface area (Å²) in [4.78, 5) is 0. The molecule has 3 nitrogen and oxygen atoms in total. The maximum Gasteiger partial charge on any atom is 0.170 e. The molecule has 0 aliphatic rings. The van der Waals surface area contributed by atoms with Crippen LogP contribution in [0.25, 0.3) is 0 Å². The zero-order valence-corrected chi connectivity index (χ0v) is 13.0. The van der Waals surface area contributed by atoms with Crippen LogP contribution in [0, 0.1) is 5.82 Å². The van der Waals surface area contributed by atoms with Crippen molar-refractivity contribution in [1.29, 1.82) is 0 Å². The lowest BCUT2D eigenvalue weighted by Crippen LogP contribution is -2.23. The minimum Gasteiger partial charge on any atom is -0.494 e. The summed E-state index contributed by atoms with van der Waals surface area (Å²) in [6.45, 7) is 2.82. The van der Waals surface area contributed by atoms with Crippen molar-refractivity contribution in [2.75, 3.05) is 13.7 Å². The number of methoxy groups -OCH3 is 1. The molecule has 1 aromatic heterocycles. The lowest BCUT2D eigenvalue weighted by Gasteiger charge is -2.18. The van der Waals surface area contributed by atoms with Gasteiger partial charge in [0, 0.05) is 5.56 Å². The molecule has 0 bridgehead atoms. The fourth-order valence-electron chi connectivity index (χ4n) is 2.04. The highest BCUT2D eigenvalue weighted by atomic mass is 79.9. The van der Waals surface area contributed by atoms with E-state index in [0.29, 0.717) is 16.0 Å². The van der Waals surface area contributed by atoms with E-state index in [2.05, 4.69) is 28.2 Å². The number of nitrogens with one attached hydrogen (secondary N) is 1. The highest BCUT2D eigenvalue weighted by Gasteiger charge is 2.22. The van der Waals surface area contributed by atoms with Crippen LogP contribution in [-0.4, -0.2) is 13.7 Å². The average Bonchev–Trinajstić information content (AvgIpc) is 2.87. The number of halogens is 2. The lowest BCUT2D eigenvalue weighted by atomic mass is 10.0. The topological polar surface area (TPSA) is 34.4 Å². The predicted octanol–water partition coefficient (Wildman–Crippen LogP) is 4.28. The molecule has 5 heteroatoms. The Labute approximate surface area is 126 Å². The van der Waals surface area contributed by atoms with Crippen LogP contribution in [0.5, 0.6) is 5.75 Å². The van der Waals surface area contributed by atoms with Crippen LogP contribution in [0.2, 0.25) is 0 Å². The summed E-state index contributed by atoms with van der Waals surface area (Å²) in [5.41, 5.74) is 0.514. The second-order valence-corrected chi connectivity index (χ2v) is 5.17. The van der Waals surface area contributed by atoms with Gasteiger partial charge in [0.15, 0.2) is 16.2 Å². The van der Waals surface area contributed by atoms with E-state index in [1.54, 1.807) is 24.3 Å². The predicted molar refractivity (Wildman–Crippen MR) is 79.5 cm³/mol. The summed E-state index contributed by atoms with van der Waals surface area (Å²) in [6, 6.07) is 8.41. The van der Waals surface area contributed by atoms with E-state index in [1.807, 2.05) is 6.07 Å². The molecule has 0 radical (unpaired) electrons. The van der Waals surface area contributed by atoms with E-state index < -0.39 is 0 Å². The number of rotatable bonds is 6. The highest BCUT2D eigenvalue weighted by molar-refractivity contribution is 9.10. The SMILES string of the molecule is CCCNC(c1ccc(Br)o1)c1cccc(OC)c1F. The van der Waals surface area contributed by atoms with Crippen LogP contribution in [0.15, 0.2) is 39.4 Å². The molecule has 0 spiro atoms. The third-order valence-electron chi connectivity index (χ3n) is 3.00. The lowest BCUT2D eigenvalue weighted by molar-refractivity contribution is 0.376. The molecule has 1 heterocycles. The van der Waals surface area contributed by atoms with Gasteiger partial charge in [-0.3, -0.25) is 0 Å². The van der Waals surface area contributed by atoms with Gasteiger partial charge >= 0.3 is 0 Å². The van der Waals surface area contributed by atoms with E-state index in [4.69, 9.17) is 9.15 Å². The first-order valence-electron chi connectivity index (χ1n) is 6.48. The van der Waals surface area contributed by atoms with Crippen LogP contribution in [-0.2, 0) is 0 Å². The summed E-state index contributed by atoms with van der Waals surface area (Å²) >= 11 is 3.27. The molecule has 1 N–H and O–H groups in total. The van der Waals surface area contributed by atoms with E-state index in [9.17, 15) is 4.39 Å². The molecule has 2 aromatic rings. The van der Waals surface area contributed by atoms with Crippen molar-refractivity contribution in [3.05, 3.63) is 52.1 Å². The molecule has 0 saturated carbocycles. The Balaban J connectivity index is 2.41. The Hall–Kier alpha value is -1.33.